The number of anilines is 1. The van der Waals surface area contributed by atoms with Crippen molar-refractivity contribution in [3.05, 3.63) is 40.4 Å². The van der Waals surface area contributed by atoms with Gasteiger partial charge in [-0.2, -0.15) is 0 Å². The second kappa shape index (κ2) is 6.26. The Morgan fingerprint density at radius 2 is 1.62 bits per heavy atom. The molecule has 0 saturated carbocycles. The highest BCUT2D eigenvalue weighted by Gasteiger charge is 2.14. The summed E-state index contributed by atoms with van der Waals surface area (Å²) in [6.45, 7) is 1.33. The number of halogens is 2. The van der Waals surface area contributed by atoms with Crippen LogP contribution in [0, 0.1) is 0 Å². The number of benzene rings is 2. The first-order valence-corrected chi connectivity index (χ1v) is 8.03. The summed E-state index contributed by atoms with van der Waals surface area (Å²) in [7, 11) is 0. The molecule has 110 valence electrons. The van der Waals surface area contributed by atoms with Crippen LogP contribution in [0.3, 0.4) is 0 Å². The molecule has 2 N–H and O–H groups in total. The van der Waals surface area contributed by atoms with E-state index in [-0.39, 0.29) is 0 Å². The summed E-state index contributed by atoms with van der Waals surface area (Å²) in [4.78, 5) is 1.76. The maximum atomic E-state index is 6.21. The zero-order valence-electron chi connectivity index (χ0n) is 11.1. The van der Waals surface area contributed by atoms with Gasteiger partial charge in [-0.05, 0) is 30.3 Å². The van der Waals surface area contributed by atoms with Gasteiger partial charge < -0.3 is 15.2 Å². The number of nitrogens with two attached hydrogens (primary N) is 1. The number of hydrogen-bond acceptors (Lipinski definition) is 4. The van der Waals surface area contributed by atoms with Crippen molar-refractivity contribution in [2.45, 2.75) is 16.2 Å². The van der Waals surface area contributed by atoms with Gasteiger partial charge in [0.15, 0.2) is 11.5 Å². The highest BCUT2D eigenvalue weighted by Crippen LogP contribution is 2.42. The summed E-state index contributed by atoms with van der Waals surface area (Å²) < 4.78 is 11.3. The van der Waals surface area contributed by atoms with Crippen LogP contribution in [0.2, 0.25) is 10.0 Å². The predicted octanol–water partition coefficient (Wildman–Crippen LogP) is 4.89. The molecule has 3 rings (SSSR count). The van der Waals surface area contributed by atoms with Crippen LogP contribution in [0.25, 0.3) is 0 Å². The summed E-state index contributed by atoms with van der Waals surface area (Å²) in [5.74, 6) is 1.52. The van der Waals surface area contributed by atoms with Gasteiger partial charge in [-0.1, -0.05) is 35.0 Å². The van der Waals surface area contributed by atoms with Crippen LogP contribution >= 0.6 is 35.0 Å². The number of rotatable bonds is 2. The monoisotopic (exact) mass is 341 g/mol. The Labute approximate surface area is 137 Å². The van der Waals surface area contributed by atoms with Gasteiger partial charge >= 0.3 is 0 Å². The molecule has 21 heavy (non-hydrogen) atoms. The summed E-state index contributed by atoms with van der Waals surface area (Å²) in [6, 6.07) is 9.19. The van der Waals surface area contributed by atoms with Crippen LogP contribution < -0.4 is 15.2 Å². The molecule has 0 aromatic heterocycles. The minimum absolute atomic E-state index is 0.539. The Morgan fingerprint density at radius 1 is 0.952 bits per heavy atom. The van der Waals surface area contributed by atoms with E-state index < -0.39 is 0 Å². The van der Waals surface area contributed by atoms with Crippen molar-refractivity contribution in [1.82, 2.24) is 0 Å². The van der Waals surface area contributed by atoms with Crippen LogP contribution in [-0.2, 0) is 0 Å². The highest BCUT2D eigenvalue weighted by atomic mass is 35.5. The first-order chi connectivity index (χ1) is 10.1. The average molecular weight is 342 g/mol. The average Bonchev–Trinajstić information content (AvgIpc) is 2.67. The first kappa shape index (κ1) is 14.7. The van der Waals surface area contributed by atoms with Crippen molar-refractivity contribution in [1.29, 1.82) is 0 Å². The minimum atomic E-state index is 0.539. The SMILES string of the molecule is Nc1cc(Cl)c(Sc2ccc3c(c2)OCCCO3)c(Cl)c1. The van der Waals surface area contributed by atoms with Gasteiger partial charge in [0.25, 0.3) is 0 Å². The van der Waals surface area contributed by atoms with Gasteiger partial charge in [0.05, 0.1) is 23.3 Å². The van der Waals surface area contributed by atoms with Gasteiger partial charge in [-0.3, -0.25) is 0 Å². The van der Waals surface area contributed by atoms with Crippen LogP contribution in [0.1, 0.15) is 6.42 Å². The second-order valence-electron chi connectivity index (χ2n) is 4.57. The predicted molar refractivity (Wildman–Crippen MR) is 87.0 cm³/mol. The molecule has 1 heterocycles. The van der Waals surface area contributed by atoms with Gasteiger partial charge in [0.1, 0.15) is 0 Å². The van der Waals surface area contributed by atoms with Crippen molar-refractivity contribution in [2.24, 2.45) is 0 Å². The summed E-state index contributed by atoms with van der Waals surface area (Å²) in [6.07, 6.45) is 0.882. The molecule has 0 amide bonds. The number of hydrogen-bond donors (Lipinski definition) is 1. The molecule has 6 heteroatoms. The zero-order valence-corrected chi connectivity index (χ0v) is 13.4. The largest absolute Gasteiger partial charge is 0.490 e. The molecule has 0 spiro atoms. The lowest BCUT2D eigenvalue weighted by molar-refractivity contribution is 0.297. The lowest BCUT2D eigenvalue weighted by Gasteiger charge is -2.11. The molecule has 0 aliphatic carbocycles. The van der Waals surface area contributed by atoms with Gasteiger partial charge in [-0.25, -0.2) is 0 Å². The molecule has 0 radical (unpaired) electrons. The molecule has 0 saturated heterocycles. The lowest BCUT2D eigenvalue weighted by Crippen LogP contribution is -1.97. The topological polar surface area (TPSA) is 44.5 Å². The van der Waals surface area contributed by atoms with Crippen LogP contribution in [0.5, 0.6) is 11.5 Å². The molecule has 2 aromatic carbocycles. The van der Waals surface area contributed by atoms with Crippen molar-refractivity contribution >= 4 is 40.7 Å². The number of ether oxygens (including phenoxy) is 2. The molecule has 0 atom stereocenters. The van der Waals surface area contributed by atoms with E-state index in [4.69, 9.17) is 38.4 Å². The van der Waals surface area contributed by atoms with E-state index in [1.165, 1.54) is 11.8 Å². The Kier molecular flexibility index (Phi) is 4.38. The summed E-state index contributed by atoms with van der Waals surface area (Å²) in [5.41, 5.74) is 6.26. The fourth-order valence-corrected chi connectivity index (χ4v) is 3.59. The van der Waals surface area contributed by atoms with Crippen LogP contribution in [-0.4, -0.2) is 13.2 Å². The third kappa shape index (κ3) is 3.34. The lowest BCUT2D eigenvalue weighted by atomic mass is 10.3. The molecular formula is C15H13Cl2NO2S. The Bertz CT molecular complexity index is 656. The maximum Gasteiger partial charge on any atom is 0.162 e. The molecular weight excluding hydrogens is 329 g/mol. The van der Waals surface area contributed by atoms with Gasteiger partial charge in [-0.15, -0.1) is 0 Å². The molecule has 1 aliphatic rings. The zero-order chi connectivity index (χ0) is 14.8. The smallest absolute Gasteiger partial charge is 0.162 e. The van der Waals surface area contributed by atoms with E-state index in [0.717, 1.165) is 27.7 Å². The quantitative estimate of drug-likeness (QED) is 0.790. The normalized spacial score (nSPS) is 13.8. The third-order valence-corrected chi connectivity index (χ3v) is 4.91. The Hall–Kier alpha value is -1.23. The Balaban J connectivity index is 1.90. The molecule has 0 unspecified atom stereocenters. The number of nitrogen functional groups attached to an aromatic ring is 1. The van der Waals surface area contributed by atoms with Crippen LogP contribution in [0.15, 0.2) is 40.1 Å². The Morgan fingerprint density at radius 3 is 2.33 bits per heavy atom. The fraction of sp³-hybridized carbons (Fsp3) is 0.200. The second-order valence-corrected chi connectivity index (χ2v) is 6.47. The van der Waals surface area contributed by atoms with E-state index in [0.29, 0.717) is 28.9 Å². The van der Waals surface area contributed by atoms with Gasteiger partial charge in [0.2, 0.25) is 0 Å². The van der Waals surface area contributed by atoms with Crippen molar-refractivity contribution in [2.75, 3.05) is 18.9 Å². The van der Waals surface area contributed by atoms with E-state index in [9.17, 15) is 0 Å². The summed E-state index contributed by atoms with van der Waals surface area (Å²) in [5, 5.41) is 1.08. The molecule has 0 bridgehead atoms. The van der Waals surface area contributed by atoms with Crippen LogP contribution in [0.4, 0.5) is 5.69 Å². The third-order valence-electron chi connectivity index (χ3n) is 2.96. The van der Waals surface area contributed by atoms with E-state index in [2.05, 4.69) is 0 Å². The highest BCUT2D eigenvalue weighted by molar-refractivity contribution is 7.99. The van der Waals surface area contributed by atoms with E-state index >= 15 is 0 Å². The van der Waals surface area contributed by atoms with Crippen molar-refractivity contribution < 1.29 is 9.47 Å². The number of fused-ring (bicyclic) bond motifs is 1. The molecule has 2 aromatic rings. The van der Waals surface area contributed by atoms with E-state index in [1.54, 1.807) is 12.1 Å². The van der Waals surface area contributed by atoms with Crippen molar-refractivity contribution in [3.8, 4) is 11.5 Å². The fourth-order valence-electron chi connectivity index (χ4n) is 2.00. The minimum Gasteiger partial charge on any atom is -0.490 e. The van der Waals surface area contributed by atoms with Gasteiger partial charge in [0, 0.05) is 21.9 Å². The maximum absolute atomic E-state index is 6.21. The first-order valence-electron chi connectivity index (χ1n) is 6.45. The standard InChI is InChI=1S/C15H13Cl2NO2S/c16-11-6-9(18)7-12(17)15(11)21-10-2-3-13-14(8-10)20-5-1-4-19-13/h2-3,6-8H,1,4-5,18H2. The molecule has 0 fully saturated rings. The van der Waals surface area contributed by atoms with Crippen molar-refractivity contribution in [3.63, 3.8) is 0 Å². The molecule has 3 nitrogen and oxygen atoms in total. The summed E-state index contributed by atoms with van der Waals surface area (Å²) >= 11 is 13.9. The van der Waals surface area contributed by atoms with E-state index in [1.807, 2.05) is 18.2 Å². The molecule has 1 aliphatic heterocycles.